The summed E-state index contributed by atoms with van der Waals surface area (Å²) in [6.45, 7) is 4.12. The van der Waals surface area contributed by atoms with Crippen LogP contribution in [0.15, 0.2) is 27.8 Å². The van der Waals surface area contributed by atoms with E-state index < -0.39 is 0 Å². The molecule has 0 saturated heterocycles. The molecule has 0 N–H and O–H groups in total. The van der Waals surface area contributed by atoms with Gasteiger partial charge in [0.05, 0.1) is 6.10 Å². The van der Waals surface area contributed by atoms with Crippen molar-refractivity contribution >= 4 is 12.6 Å². The van der Waals surface area contributed by atoms with E-state index in [1.165, 1.54) is 0 Å². The van der Waals surface area contributed by atoms with E-state index in [9.17, 15) is 0 Å². The largest absolute Gasteiger partial charge is 0.411 e. The van der Waals surface area contributed by atoms with E-state index in [1.54, 1.807) is 7.11 Å². The SMILES string of the molecule is CCc1cc(C(C)OC)ccc1-c1nnc(S)o1. The van der Waals surface area contributed by atoms with Gasteiger partial charge in [-0.3, -0.25) is 0 Å². The molecular formula is C13H16N2O2S. The number of rotatable bonds is 4. The maximum atomic E-state index is 5.35. The molecule has 2 rings (SSSR count). The van der Waals surface area contributed by atoms with Gasteiger partial charge in [0, 0.05) is 12.7 Å². The van der Waals surface area contributed by atoms with Gasteiger partial charge < -0.3 is 9.15 Å². The highest BCUT2D eigenvalue weighted by Crippen LogP contribution is 2.27. The first-order valence-corrected chi connectivity index (χ1v) is 6.28. The van der Waals surface area contributed by atoms with Crippen LogP contribution in [0.25, 0.3) is 11.5 Å². The third-order valence-corrected chi connectivity index (χ3v) is 3.16. The number of nitrogens with zero attached hydrogens (tertiary/aromatic N) is 2. The van der Waals surface area contributed by atoms with E-state index >= 15 is 0 Å². The summed E-state index contributed by atoms with van der Waals surface area (Å²) >= 11 is 4.03. The quantitative estimate of drug-likeness (QED) is 0.861. The smallest absolute Gasteiger partial charge is 0.273 e. The Kier molecular flexibility index (Phi) is 4.04. The van der Waals surface area contributed by atoms with Gasteiger partial charge in [0.1, 0.15) is 0 Å². The van der Waals surface area contributed by atoms with E-state index in [1.807, 2.05) is 19.1 Å². The molecule has 0 radical (unpaired) electrons. The zero-order valence-electron chi connectivity index (χ0n) is 10.7. The fraction of sp³-hybridized carbons (Fsp3) is 0.385. The third-order valence-electron chi connectivity index (χ3n) is 2.98. The number of benzene rings is 1. The Morgan fingerprint density at radius 2 is 2.17 bits per heavy atom. The highest BCUT2D eigenvalue weighted by atomic mass is 32.1. The number of methoxy groups -OCH3 is 1. The minimum Gasteiger partial charge on any atom is -0.411 e. The van der Waals surface area contributed by atoms with Crippen molar-refractivity contribution in [1.29, 1.82) is 0 Å². The molecule has 1 atom stereocenters. The van der Waals surface area contributed by atoms with Crippen LogP contribution in [0.3, 0.4) is 0 Å². The maximum absolute atomic E-state index is 5.35. The summed E-state index contributed by atoms with van der Waals surface area (Å²) in [7, 11) is 1.70. The van der Waals surface area contributed by atoms with Crippen LogP contribution < -0.4 is 0 Å². The van der Waals surface area contributed by atoms with Crippen LogP contribution in [-0.4, -0.2) is 17.3 Å². The van der Waals surface area contributed by atoms with Gasteiger partial charge in [-0.25, -0.2) is 0 Å². The summed E-state index contributed by atoms with van der Waals surface area (Å²) in [6.07, 6.45) is 0.969. The van der Waals surface area contributed by atoms with Crippen molar-refractivity contribution in [1.82, 2.24) is 10.2 Å². The van der Waals surface area contributed by atoms with Crippen molar-refractivity contribution in [2.75, 3.05) is 7.11 Å². The van der Waals surface area contributed by atoms with Crippen molar-refractivity contribution < 1.29 is 9.15 Å². The average Bonchev–Trinajstić information content (AvgIpc) is 2.83. The Balaban J connectivity index is 2.43. The van der Waals surface area contributed by atoms with Crippen LogP contribution in [-0.2, 0) is 11.2 Å². The van der Waals surface area contributed by atoms with Gasteiger partial charge >= 0.3 is 0 Å². The average molecular weight is 264 g/mol. The molecule has 1 heterocycles. The van der Waals surface area contributed by atoms with Crippen LogP contribution >= 0.6 is 12.6 Å². The van der Waals surface area contributed by atoms with Crippen molar-refractivity contribution in [3.63, 3.8) is 0 Å². The number of aromatic nitrogens is 2. The molecule has 0 saturated carbocycles. The van der Waals surface area contributed by atoms with Crippen molar-refractivity contribution in [2.24, 2.45) is 0 Å². The molecule has 1 aromatic carbocycles. The van der Waals surface area contributed by atoms with Crippen LogP contribution in [0.5, 0.6) is 0 Å². The van der Waals surface area contributed by atoms with Gasteiger partial charge in [-0.1, -0.05) is 31.7 Å². The number of ether oxygens (including phenoxy) is 1. The second-order valence-electron chi connectivity index (χ2n) is 4.04. The molecule has 0 spiro atoms. The minimum absolute atomic E-state index is 0.0764. The van der Waals surface area contributed by atoms with Gasteiger partial charge in [-0.05, 0) is 30.5 Å². The highest BCUT2D eigenvalue weighted by Gasteiger charge is 2.13. The summed E-state index contributed by atoms with van der Waals surface area (Å²) in [4.78, 5) is 0. The number of aryl methyl sites for hydroxylation is 1. The lowest BCUT2D eigenvalue weighted by molar-refractivity contribution is 0.119. The predicted octanol–water partition coefficient (Wildman–Crippen LogP) is 3.30. The molecule has 0 aliphatic heterocycles. The van der Waals surface area contributed by atoms with E-state index in [0.29, 0.717) is 5.89 Å². The van der Waals surface area contributed by atoms with Crippen molar-refractivity contribution in [3.05, 3.63) is 29.3 Å². The highest BCUT2D eigenvalue weighted by molar-refractivity contribution is 7.80. The molecule has 96 valence electrons. The zero-order chi connectivity index (χ0) is 13.1. The maximum Gasteiger partial charge on any atom is 0.273 e. The lowest BCUT2D eigenvalue weighted by atomic mass is 9.99. The van der Waals surface area contributed by atoms with Crippen molar-refractivity contribution in [2.45, 2.75) is 31.6 Å². The summed E-state index contributed by atoms with van der Waals surface area (Å²) in [5, 5.41) is 8.01. The molecule has 0 fully saturated rings. The molecule has 0 bridgehead atoms. The summed E-state index contributed by atoms with van der Waals surface area (Å²) in [5.41, 5.74) is 3.26. The van der Waals surface area contributed by atoms with E-state index in [4.69, 9.17) is 9.15 Å². The van der Waals surface area contributed by atoms with Crippen molar-refractivity contribution in [3.8, 4) is 11.5 Å². The minimum atomic E-state index is 0.0764. The van der Waals surface area contributed by atoms with Crippen LogP contribution in [0.2, 0.25) is 0 Å². The summed E-state index contributed by atoms with van der Waals surface area (Å²) < 4.78 is 10.7. The molecule has 0 aliphatic carbocycles. The summed E-state index contributed by atoms with van der Waals surface area (Å²) in [6, 6.07) is 6.13. The molecule has 1 unspecified atom stereocenters. The standard InChI is InChI=1S/C13H16N2O2S/c1-4-9-7-10(8(2)16-3)5-6-11(9)12-14-15-13(18)17-12/h5-8H,4H2,1-3H3,(H,15,18). The fourth-order valence-electron chi connectivity index (χ4n) is 1.83. The van der Waals surface area contributed by atoms with Gasteiger partial charge in [-0.2, -0.15) is 0 Å². The molecule has 4 nitrogen and oxygen atoms in total. The number of thiol groups is 1. The van der Waals surface area contributed by atoms with Crippen LogP contribution in [0.1, 0.15) is 31.1 Å². The lowest BCUT2D eigenvalue weighted by Gasteiger charge is -2.12. The van der Waals surface area contributed by atoms with Crippen LogP contribution in [0, 0.1) is 0 Å². The molecule has 1 aromatic heterocycles. The Morgan fingerprint density at radius 3 is 2.72 bits per heavy atom. The molecular weight excluding hydrogens is 248 g/mol. The zero-order valence-corrected chi connectivity index (χ0v) is 11.6. The fourth-order valence-corrected chi connectivity index (χ4v) is 1.96. The topological polar surface area (TPSA) is 48.2 Å². The van der Waals surface area contributed by atoms with E-state index in [0.717, 1.165) is 23.1 Å². The monoisotopic (exact) mass is 264 g/mol. The Labute approximate surface area is 112 Å². The van der Waals surface area contributed by atoms with Gasteiger partial charge in [-0.15, -0.1) is 10.2 Å². The predicted molar refractivity (Wildman–Crippen MR) is 71.8 cm³/mol. The Hall–Kier alpha value is -1.33. The lowest BCUT2D eigenvalue weighted by Crippen LogP contribution is -1.98. The Morgan fingerprint density at radius 1 is 1.39 bits per heavy atom. The molecule has 2 aromatic rings. The third kappa shape index (κ3) is 2.57. The van der Waals surface area contributed by atoms with E-state index in [2.05, 4.69) is 35.8 Å². The first-order valence-electron chi connectivity index (χ1n) is 5.84. The molecule has 5 heteroatoms. The number of hydrogen-bond donors (Lipinski definition) is 1. The first-order chi connectivity index (χ1) is 8.65. The number of hydrogen-bond acceptors (Lipinski definition) is 5. The molecule has 0 aliphatic rings. The van der Waals surface area contributed by atoms with Crippen LogP contribution in [0.4, 0.5) is 0 Å². The first kappa shape index (κ1) is 13.1. The van der Waals surface area contributed by atoms with Gasteiger partial charge in [0.2, 0.25) is 5.89 Å². The van der Waals surface area contributed by atoms with Gasteiger partial charge in [0.15, 0.2) is 0 Å². The van der Waals surface area contributed by atoms with E-state index in [-0.39, 0.29) is 11.3 Å². The second-order valence-corrected chi connectivity index (χ2v) is 4.42. The summed E-state index contributed by atoms with van der Waals surface area (Å²) in [5.74, 6) is 0.508. The Bertz CT molecular complexity index is 540. The molecule has 0 amide bonds. The normalized spacial score (nSPS) is 12.7. The van der Waals surface area contributed by atoms with Gasteiger partial charge in [0.25, 0.3) is 5.22 Å². The second kappa shape index (κ2) is 5.54. The molecule has 18 heavy (non-hydrogen) atoms.